The molecule has 0 aromatic carbocycles. The van der Waals surface area contributed by atoms with Crippen molar-refractivity contribution in [3.05, 3.63) is 14.7 Å². The van der Waals surface area contributed by atoms with E-state index in [9.17, 15) is 18.0 Å². The standard InChI is InChI=1S/C11H14BrNO6S2/c1-3-4-6(10(14)15)13-21(17,18)8-5-7(11(16)19-2)20-9(8)12/h5-6,13H,3-4H2,1-2H3,(H,14,15)/t6-/m1/s1. The Morgan fingerprint density at radius 2 is 2.14 bits per heavy atom. The number of carboxylic acids is 1. The number of aliphatic carboxylic acids is 1. The molecule has 1 aromatic rings. The summed E-state index contributed by atoms with van der Waals surface area (Å²) in [6.45, 7) is 1.75. The lowest BCUT2D eigenvalue weighted by Crippen LogP contribution is -2.40. The first-order chi connectivity index (χ1) is 9.72. The largest absolute Gasteiger partial charge is 0.480 e. The van der Waals surface area contributed by atoms with Crippen molar-refractivity contribution in [1.82, 2.24) is 4.72 Å². The molecule has 118 valence electrons. The van der Waals surface area contributed by atoms with E-state index in [2.05, 4.69) is 25.4 Å². The van der Waals surface area contributed by atoms with Crippen molar-refractivity contribution in [3.63, 3.8) is 0 Å². The van der Waals surface area contributed by atoms with Gasteiger partial charge in [-0.25, -0.2) is 13.2 Å². The number of hydrogen-bond donors (Lipinski definition) is 2. The molecular formula is C11H14BrNO6S2. The van der Waals surface area contributed by atoms with Crippen LogP contribution < -0.4 is 4.72 Å². The van der Waals surface area contributed by atoms with Gasteiger partial charge in [0, 0.05) is 0 Å². The lowest BCUT2D eigenvalue weighted by Gasteiger charge is -2.13. The highest BCUT2D eigenvalue weighted by molar-refractivity contribution is 9.11. The monoisotopic (exact) mass is 399 g/mol. The van der Waals surface area contributed by atoms with Gasteiger partial charge in [-0.1, -0.05) is 13.3 Å². The zero-order chi connectivity index (χ0) is 16.2. The molecule has 0 saturated carbocycles. The molecule has 0 saturated heterocycles. The number of carboxylic acid groups (broad SMARTS) is 1. The highest BCUT2D eigenvalue weighted by atomic mass is 79.9. The fraction of sp³-hybridized carbons (Fsp3) is 0.455. The van der Waals surface area contributed by atoms with Crippen LogP contribution in [0, 0.1) is 0 Å². The van der Waals surface area contributed by atoms with Crippen molar-refractivity contribution in [3.8, 4) is 0 Å². The van der Waals surface area contributed by atoms with E-state index >= 15 is 0 Å². The molecule has 0 amide bonds. The molecular weight excluding hydrogens is 386 g/mol. The van der Waals surface area contributed by atoms with E-state index in [4.69, 9.17) is 5.11 Å². The van der Waals surface area contributed by atoms with Gasteiger partial charge in [0.05, 0.1) is 10.9 Å². The van der Waals surface area contributed by atoms with Crippen molar-refractivity contribution in [1.29, 1.82) is 0 Å². The molecule has 0 aliphatic heterocycles. The molecule has 1 rings (SSSR count). The fourth-order valence-electron chi connectivity index (χ4n) is 1.51. The SMILES string of the molecule is CCC[C@@H](NS(=O)(=O)c1cc(C(=O)OC)sc1Br)C(=O)O. The summed E-state index contributed by atoms with van der Waals surface area (Å²) in [7, 11) is -2.87. The smallest absolute Gasteiger partial charge is 0.348 e. The summed E-state index contributed by atoms with van der Waals surface area (Å²) in [5.74, 6) is -1.91. The first-order valence-electron chi connectivity index (χ1n) is 5.85. The maximum absolute atomic E-state index is 12.2. The zero-order valence-corrected chi connectivity index (χ0v) is 14.5. The third kappa shape index (κ3) is 4.50. The van der Waals surface area contributed by atoms with Crippen molar-refractivity contribution in [2.45, 2.75) is 30.7 Å². The summed E-state index contributed by atoms with van der Waals surface area (Å²) >= 11 is 3.96. The van der Waals surface area contributed by atoms with Gasteiger partial charge in [-0.2, -0.15) is 4.72 Å². The number of hydrogen-bond acceptors (Lipinski definition) is 6. The predicted molar refractivity (Wildman–Crippen MR) is 80.0 cm³/mol. The predicted octanol–water partition coefficient (Wildman–Crippen LogP) is 1.83. The van der Waals surface area contributed by atoms with Gasteiger partial charge < -0.3 is 9.84 Å². The van der Waals surface area contributed by atoms with Crippen LogP contribution in [0.3, 0.4) is 0 Å². The van der Waals surface area contributed by atoms with Gasteiger partial charge in [0.2, 0.25) is 10.0 Å². The van der Waals surface area contributed by atoms with Gasteiger partial charge in [0.25, 0.3) is 0 Å². The molecule has 0 bridgehead atoms. The number of esters is 1. The number of carbonyl (C=O) groups excluding carboxylic acids is 1. The second kappa shape index (κ2) is 7.34. The molecule has 10 heteroatoms. The van der Waals surface area contributed by atoms with Crippen molar-refractivity contribution in [2.75, 3.05) is 7.11 Å². The second-order valence-electron chi connectivity index (χ2n) is 4.04. The second-order valence-corrected chi connectivity index (χ2v) is 8.09. The lowest BCUT2D eigenvalue weighted by molar-refractivity contribution is -0.139. The molecule has 0 aliphatic carbocycles. The van der Waals surface area contributed by atoms with E-state index in [-0.39, 0.29) is 20.0 Å². The molecule has 0 spiro atoms. The minimum atomic E-state index is -4.05. The van der Waals surface area contributed by atoms with E-state index in [0.29, 0.717) is 6.42 Å². The molecule has 21 heavy (non-hydrogen) atoms. The first-order valence-corrected chi connectivity index (χ1v) is 8.95. The average molecular weight is 400 g/mol. The van der Waals surface area contributed by atoms with Crippen molar-refractivity contribution >= 4 is 49.2 Å². The van der Waals surface area contributed by atoms with Crippen LogP contribution in [0.2, 0.25) is 0 Å². The van der Waals surface area contributed by atoms with E-state index in [1.165, 1.54) is 7.11 Å². The summed E-state index contributed by atoms with van der Waals surface area (Å²) in [5, 5.41) is 9.01. The Morgan fingerprint density at radius 3 is 2.62 bits per heavy atom. The van der Waals surface area contributed by atoms with Crippen LogP contribution in [0.5, 0.6) is 0 Å². The lowest BCUT2D eigenvalue weighted by atomic mass is 10.2. The Morgan fingerprint density at radius 1 is 1.52 bits per heavy atom. The van der Waals surface area contributed by atoms with Crippen LogP contribution in [0.15, 0.2) is 14.7 Å². The van der Waals surface area contributed by atoms with Crippen LogP contribution in [0.4, 0.5) is 0 Å². The van der Waals surface area contributed by atoms with Crippen LogP contribution in [0.1, 0.15) is 29.4 Å². The fourth-order valence-corrected chi connectivity index (χ4v) is 5.21. The van der Waals surface area contributed by atoms with Gasteiger partial charge >= 0.3 is 11.9 Å². The van der Waals surface area contributed by atoms with Gasteiger partial charge in [-0.15, -0.1) is 11.3 Å². The summed E-state index contributed by atoms with van der Waals surface area (Å²) in [6, 6.07) is -0.0679. The number of ether oxygens (including phenoxy) is 1. The molecule has 1 heterocycles. The topological polar surface area (TPSA) is 110 Å². The van der Waals surface area contributed by atoms with Gasteiger partial charge in [-0.05, 0) is 28.4 Å². The first kappa shape index (κ1) is 18.1. The molecule has 0 aliphatic rings. The Hall–Kier alpha value is -0.970. The quantitative estimate of drug-likeness (QED) is 0.676. The molecule has 1 atom stereocenters. The van der Waals surface area contributed by atoms with Crippen molar-refractivity contribution in [2.24, 2.45) is 0 Å². The van der Waals surface area contributed by atoms with E-state index < -0.39 is 28.0 Å². The summed E-state index contributed by atoms with van der Waals surface area (Å²) in [5.41, 5.74) is 0. The minimum absolute atomic E-state index is 0.104. The number of carbonyl (C=O) groups is 2. The molecule has 2 N–H and O–H groups in total. The number of nitrogens with one attached hydrogen (secondary N) is 1. The highest BCUT2D eigenvalue weighted by Gasteiger charge is 2.28. The third-order valence-electron chi connectivity index (χ3n) is 2.50. The number of halogens is 1. The molecule has 7 nitrogen and oxygen atoms in total. The maximum Gasteiger partial charge on any atom is 0.348 e. The Kier molecular flexibility index (Phi) is 6.32. The Bertz CT molecular complexity index is 639. The van der Waals surface area contributed by atoms with Crippen molar-refractivity contribution < 1.29 is 27.9 Å². The van der Waals surface area contributed by atoms with Gasteiger partial charge in [0.15, 0.2) is 0 Å². The van der Waals surface area contributed by atoms with Crippen LogP contribution >= 0.6 is 27.3 Å². The number of thiophene rings is 1. The van der Waals surface area contributed by atoms with E-state index in [0.717, 1.165) is 17.4 Å². The zero-order valence-electron chi connectivity index (χ0n) is 11.3. The summed E-state index contributed by atoms with van der Waals surface area (Å²) in [6.07, 6.45) is 0.678. The third-order valence-corrected chi connectivity index (χ3v) is 6.21. The van der Waals surface area contributed by atoms with Gasteiger partial charge in [-0.3, -0.25) is 4.79 Å². The molecule has 0 radical (unpaired) electrons. The minimum Gasteiger partial charge on any atom is -0.480 e. The van der Waals surface area contributed by atoms with Crippen LogP contribution in [0.25, 0.3) is 0 Å². The van der Waals surface area contributed by atoms with E-state index in [1.54, 1.807) is 6.92 Å². The highest BCUT2D eigenvalue weighted by Crippen LogP contribution is 2.32. The number of rotatable bonds is 7. The Balaban J connectivity index is 3.10. The summed E-state index contributed by atoms with van der Waals surface area (Å²) in [4.78, 5) is 22.3. The molecule has 1 aromatic heterocycles. The van der Waals surface area contributed by atoms with Crippen LogP contribution in [-0.2, 0) is 19.6 Å². The normalized spacial score (nSPS) is 12.9. The molecule has 0 unspecified atom stereocenters. The number of sulfonamides is 1. The Labute approximate surface area is 134 Å². The maximum atomic E-state index is 12.2. The van der Waals surface area contributed by atoms with E-state index in [1.807, 2.05) is 0 Å². The average Bonchev–Trinajstić information content (AvgIpc) is 2.80. The van der Waals surface area contributed by atoms with Gasteiger partial charge in [0.1, 0.15) is 15.8 Å². The molecule has 0 fully saturated rings. The number of methoxy groups -OCH3 is 1. The van der Waals surface area contributed by atoms with Crippen LogP contribution in [-0.4, -0.2) is 38.6 Å². The summed E-state index contributed by atoms with van der Waals surface area (Å²) < 4.78 is 31.3.